The Kier molecular flexibility index (Phi) is 4.79. The lowest BCUT2D eigenvalue weighted by Crippen LogP contribution is -2.14. The van der Waals surface area contributed by atoms with E-state index in [9.17, 15) is 4.79 Å². The molecule has 0 unspecified atom stereocenters. The van der Waals surface area contributed by atoms with Gasteiger partial charge >= 0.3 is 0 Å². The molecule has 0 amide bonds. The van der Waals surface area contributed by atoms with Crippen LogP contribution in [-0.4, -0.2) is 23.3 Å². The molecule has 0 spiro atoms. The van der Waals surface area contributed by atoms with Gasteiger partial charge in [-0.25, -0.2) is 0 Å². The van der Waals surface area contributed by atoms with Crippen LogP contribution in [0.5, 0.6) is 11.5 Å². The first-order valence-electron chi connectivity index (χ1n) is 6.34. The van der Waals surface area contributed by atoms with E-state index in [1.807, 2.05) is 31.2 Å². The van der Waals surface area contributed by atoms with Gasteiger partial charge in [-0.05, 0) is 19.1 Å². The standard InChI is InChI=1S/C15H17NO4/c1-11-2-4-13(5-3-11)19-6-7-20-15-9-16-12(10-17)8-14(15)18/h2-5,8-9,17H,6-7,10H2,1H3,(H,16,18). The molecule has 0 aliphatic carbocycles. The Bertz CT molecular complexity index is 604. The maximum absolute atomic E-state index is 11.6. The average molecular weight is 275 g/mol. The molecule has 5 nitrogen and oxygen atoms in total. The molecule has 2 rings (SSSR count). The normalized spacial score (nSPS) is 10.3. The first kappa shape index (κ1) is 14.1. The largest absolute Gasteiger partial charge is 0.490 e. The highest BCUT2D eigenvalue weighted by molar-refractivity contribution is 5.26. The third kappa shape index (κ3) is 3.86. The quantitative estimate of drug-likeness (QED) is 0.786. The number of nitrogens with one attached hydrogen (secondary N) is 1. The SMILES string of the molecule is Cc1ccc(OCCOc2c[nH]c(CO)cc2=O)cc1. The highest BCUT2D eigenvalue weighted by atomic mass is 16.5. The molecule has 0 fully saturated rings. The van der Waals surface area contributed by atoms with Gasteiger partial charge in [-0.15, -0.1) is 0 Å². The molecule has 0 radical (unpaired) electrons. The Hall–Kier alpha value is -2.27. The molecular formula is C15H17NO4. The van der Waals surface area contributed by atoms with Gasteiger partial charge in [0, 0.05) is 18.0 Å². The molecule has 1 heterocycles. The topological polar surface area (TPSA) is 71.6 Å². The van der Waals surface area contributed by atoms with Crippen LogP contribution in [-0.2, 0) is 6.61 Å². The van der Waals surface area contributed by atoms with Gasteiger partial charge in [-0.3, -0.25) is 4.79 Å². The molecule has 0 aliphatic heterocycles. The number of aromatic nitrogens is 1. The van der Waals surface area contributed by atoms with E-state index in [-0.39, 0.29) is 24.4 Å². The van der Waals surface area contributed by atoms with Gasteiger partial charge < -0.3 is 19.6 Å². The van der Waals surface area contributed by atoms with E-state index in [0.717, 1.165) is 5.75 Å². The molecule has 0 saturated carbocycles. The highest BCUT2D eigenvalue weighted by Gasteiger charge is 2.02. The van der Waals surface area contributed by atoms with Crippen molar-refractivity contribution in [1.29, 1.82) is 0 Å². The monoisotopic (exact) mass is 275 g/mol. The Morgan fingerprint density at radius 1 is 1.15 bits per heavy atom. The van der Waals surface area contributed by atoms with Crippen molar-refractivity contribution >= 4 is 0 Å². The number of hydrogen-bond acceptors (Lipinski definition) is 4. The lowest BCUT2D eigenvalue weighted by Gasteiger charge is -2.08. The number of rotatable bonds is 6. The van der Waals surface area contributed by atoms with E-state index in [1.165, 1.54) is 17.8 Å². The zero-order valence-corrected chi connectivity index (χ0v) is 11.3. The number of aromatic amines is 1. The summed E-state index contributed by atoms with van der Waals surface area (Å²) in [6.45, 7) is 2.43. The second kappa shape index (κ2) is 6.77. The van der Waals surface area contributed by atoms with Gasteiger partial charge in [-0.1, -0.05) is 17.7 Å². The van der Waals surface area contributed by atoms with Crippen LogP contribution in [0.1, 0.15) is 11.3 Å². The lowest BCUT2D eigenvalue weighted by atomic mass is 10.2. The molecule has 0 aliphatic rings. The maximum Gasteiger partial charge on any atom is 0.223 e. The molecule has 2 aromatic rings. The fourth-order valence-electron chi connectivity index (χ4n) is 1.65. The van der Waals surface area contributed by atoms with Crippen LogP contribution >= 0.6 is 0 Å². The smallest absolute Gasteiger partial charge is 0.223 e. The van der Waals surface area contributed by atoms with Gasteiger partial charge in [0.2, 0.25) is 5.43 Å². The molecule has 0 bridgehead atoms. The number of hydrogen-bond donors (Lipinski definition) is 2. The fourth-order valence-corrected chi connectivity index (χ4v) is 1.65. The van der Waals surface area contributed by atoms with Gasteiger partial charge in [0.1, 0.15) is 19.0 Å². The van der Waals surface area contributed by atoms with Crippen LogP contribution in [0.15, 0.2) is 41.3 Å². The van der Waals surface area contributed by atoms with E-state index in [1.54, 1.807) is 0 Å². The molecule has 20 heavy (non-hydrogen) atoms. The van der Waals surface area contributed by atoms with E-state index >= 15 is 0 Å². The van der Waals surface area contributed by atoms with Crippen LogP contribution in [0.4, 0.5) is 0 Å². The predicted octanol–water partition coefficient (Wildman–Crippen LogP) is 1.63. The van der Waals surface area contributed by atoms with Crippen molar-refractivity contribution in [2.24, 2.45) is 0 Å². The van der Waals surface area contributed by atoms with Crippen molar-refractivity contribution in [2.75, 3.05) is 13.2 Å². The zero-order chi connectivity index (χ0) is 14.4. The van der Waals surface area contributed by atoms with Gasteiger partial charge in [-0.2, -0.15) is 0 Å². The number of aryl methyl sites for hydroxylation is 1. The molecule has 0 atom stereocenters. The van der Waals surface area contributed by atoms with Crippen LogP contribution in [0, 0.1) is 6.92 Å². The van der Waals surface area contributed by atoms with Gasteiger partial charge in [0.05, 0.1) is 6.61 Å². The molecule has 5 heteroatoms. The van der Waals surface area contributed by atoms with Crippen molar-refractivity contribution in [3.05, 3.63) is 58.0 Å². The van der Waals surface area contributed by atoms with Crippen molar-refractivity contribution in [2.45, 2.75) is 13.5 Å². The van der Waals surface area contributed by atoms with E-state index in [2.05, 4.69) is 4.98 Å². The minimum atomic E-state index is -0.261. The summed E-state index contributed by atoms with van der Waals surface area (Å²) in [4.78, 5) is 14.4. The summed E-state index contributed by atoms with van der Waals surface area (Å²) in [5.41, 5.74) is 1.37. The second-order valence-electron chi connectivity index (χ2n) is 4.35. The van der Waals surface area contributed by atoms with Crippen molar-refractivity contribution in [3.8, 4) is 11.5 Å². The maximum atomic E-state index is 11.6. The van der Waals surface area contributed by atoms with Crippen LogP contribution in [0.25, 0.3) is 0 Å². The van der Waals surface area contributed by atoms with Crippen LogP contribution in [0.3, 0.4) is 0 Å². The van der Waals surface area contributed by atoms with Crippen molar-refractivity contribution in [1.82, 2.24) is 4.98 Å². The van der Waals surface area contributed by atoms with E-state index < -0.39 is 0 Å². The number of aliphatic hydroxyl groups is 1. The second-order valence-corrected chi connectivity index (χ2v) is 4.35. The molecule has 106 valence electrons. The Balaban J connectivity index is 1.81. The Labute approximate surface area is 116 Å². The number of aliphatic hydroxyl groups excluding tert-OH is 1. The Morgan fingerprint density at radius 2 is 1.85 bits per heavy atom. The summed E-state index contributed by atoms with van der Waals surface area (Å²) in [5.74, 6) is 0.985. The summed E-state index contributed by atoms with van der Waals surface area (Å²) in [6.07, 6.45) is 1.44. The number of pyridine rings is 1. The summed E-state index contributed by atoms with van der Waals surface area (Å²) in [5, 5.41) is 8.88. The predicted molar refractivity (Wildman–Crippen MR) is 75.2 cm³/mol. The third-order valence-corrected chi connectivity index (χ3v) is 2.74. The van der Waals surface area contributed by atoms with Gasteiger partial charge in [0.25, 0.3) is 0 Å². The first-order valence-corrected chi connectivity index (χ1v) is 6.34. The minimum Gasteiger partial charge on any atom is -0.490 e. The minimum absolute atomic E-state index is 0.202. The average Bonchev–Trinajstić information content (AvgIpc) is 2.46. The molecule has 2 N–H and O–H groups in total. The molecule has 0 saturated heterocycles. The summed E-state index contributed by atoms with van der Waals surface area (Å²) < 4.78 is 10.8. The lowest BCUT2D eigenvalue weighted by molar-refractivity contribution is 0.215. The van der Waals surface area contributed by atoms with Crippen molar-refractivity contribution < 1.29 is 14.6 Å². The molecule has 1 aromatic carbocycles. The first-order chi connectivity index (χ1) is 9.69. The summed E-state index contributed by atoms with van der Waals surface area (Å²) in [7, 11) is 0. The summed E-state index contributed by atoms with van der Waals surface area (Å²) >= 11 is 0. The van der Waals surface area contributed by atoms with Crippen LogP contribution in [0.2, 0.25) is 0 Å². The number of ether oxygens (including phenoxy) is 2. The highest BCUT2D eigenvalue weighted by Crippen LogP contribution is 2.11. The van der Waals surface area contributed by atoms with Gasteiger partial charge in [0.15, 0.2) is 5.75 Å². The van der Waals surface area contributed by atoms with Crippen molar-refractivity contribution in [3.63, 3.8) is 0 Å². The number of benzene rings is 1. The van der Waals surface area contributed by atoms with E-state index in [0.29, 0.717) is 12.3 Å². The Morgan fingerprint density at radius 3 is 2.50 bits per heavy atom. The number of H-pyrrole nitrogens is 1. The molecule has 1 aromatic heterocycles. The molecular weight excluding hydrogens is 258 g/mol. The fraction of sp³-hybridized carbons (Fsp3) is 0.267. The van der Waals surface area contributed by atoms with Crippen LogP contribution < -0.4 is 14.9 Å². The zero-order valence-electron chi connectivity index (χ0n) is 11.3. The summed E-state index contributed by atoms with van der Waals surface area (Å²) in [6, 6.07) is 9.02. The van der Waals surface area contributed by atoms with E-state index in [4.69, 9.17) is 14.6 Å². The third-order valence-electron chi connectivity index (χ3n) is 2.74.